The van der Waals surface area contributed by atoms with Gasteiger partial charge in [0.25, 0.3) is 0 Å². The molecule has 0 bridgehead atoms. The van der Waals surface area contributed by atoms with E-state index >= 15 is 0 Å². The molecule has 0 heterocycles. The summed E-state index contributed by atoms with van der Waals surface area (Å²) in [4.78, 5) is 12.2. The van der Waals surface area contributed by atoms with Gasteiger partial charge in [-0.15, -0.1) is 0 Å². The smallest absolute Gasteiger partial charge is 0.448 e. The third-order valence-corrected chi connectivity index (χ3v) is 0.101. The van der Waals surface area contributed by atoms with Crippen molar-refractivity contribution in [1.29, 1.82) is 0 Å². The van der Waals surface area contributed by atoms with Crippen molar-refractivity contribution >= 4 is 6.16 Å². The number of carbonyl (C=O) groups is 1. The van der Waals surface area contributed by atoms with Gasteiger partial charge in [-0.2, -0.15) is 5.90 Å². The molecule has 0 spiro atoms. The van der Waals surface area contributed by atoms with E-state index in [1.807, 2.05) is 0 Å². The van der Waals surface area contributed by atoms with Crippen molar-refractivity contribution < 1.29 is 34.2 Å². The minimum Gasteiger partial charge on any atom is -0.448 e. The Morgan fingerprint density at radius 3 is 2.00 bits per heavy atom. The van der Waals surface area contributed by atoms with Crippen LogP contribution in [0.2, 0.25) is 0 Å². The van der Waals surface area contributed by atoms with E-state index in [1.54, 1.807) is 0 Å². The third-order valence-electron chi connectivity index (χ3n) is 0.101. The molecule has 0 amide bonds. The summed E-state index contributed by atoms with van der Waals surface area (Å²) in [6.07, 6.45) is -1.47. The van der Waals surface area contributed by atoms with Gasteiger partial charge in [0.1, 0.15) is 0 Å². The molecule has 0 saturated heterocycles. The Balaban J connectivity index is 0. The molecule has 0 unspecified atom stereocenters. The Morgan fingerprint density at radius 2 is 2.00 bits per heavy atom. The van der Waals surface area contributed by atoms with Gasteiger partial charge in [0.05, 0.1) is 0 Å². The third kappa shape index (κ3) is 9.13. The van der Waals surface area contributed by atoms with Crippen LogP contribution >= 0.6 is 0 Å². The Morgan fingerprint density at radius 1 is 1.83 bits per heavy atom. The van der Waals surface area contributed by atoms with Crippen LogP contribution in [-0.4, -0.2) is 11.3 Å². The van der Waals surface area contributed by atoms with Crippen molar-refractivity contribution in [2.24, 2.45) is 5.90 Å². The number of hydrogen-bond donors (Lipinski definition) is 2. The molecule has 0 aromatic heterocycles. The Hall–Kier alpha value is -0.147. The molecule has 0 atom stereocenters. The first-order valence-corrected chi connectivity index (χ1v) is 0.868. The van der Waals surface area contributed by atoms with Gasteiger partial charge in [-0.1, -0.05) is 0 Å². The molecule has 32 valence electrons. The predicted octanol–water partition coefficient (Wildman–Crippen LogP) is -0.448. The average Bonchev–Trinajstić information content (AvgIpc) is 1.38. The summed E-state index contributed by atoms with van der Waals surface area (Å²) in [5.74, 6) is 4.07. The van der Waals surface area contributed by atoms with Crippen LogP contribution < -0.4 is 5.90 Å². The summed E-state index contributed by atoms with van der Waals surface area (Å²) in [5.41, 5.74) is 0. The van der Waals surface area contributed by atoms with E-state index in [4.69, 9.17) is 9.90 Å². The van der Waals surface area contributed by atoms with Gasteiger partial charge in [-0.05, 0) is 0 Å². The summed E-state index contributed by atoms with van der Waals surface area (Å²) in [6, 6.07) is 0. The van der Waals surface area contributed by atoms with E-state index < -0.39 is 6.16 Å². The standard InChI is InChI=1S/CH3NO3.Zn/c2-5-1(3)4;/h2H2,(H,3,4);. The molecule has 0 aliphatic carbocycles. The maximum atomic E-state index is 9.02. The quantitative estimate of drug-likeness (QED) is 0.355. The SMILES string of the molecule is NOC(=O)O.[Zn]. The van der Waals surface area contributed by atoms with E-state index in [2.05, 4.69) is 10.7 Å². The molecule has 0 fully saturated rings. The fourth-order valence-electron chi connectivity index (χ4n) is 0. The van der Waals surface area contributed by atoms with Crippen LogP contribution in [0.3, 0.4) is 0 Å². The molecular formula is CH3NO3Zn. The summed E-state index contributed by atoms with van der Waals surface area (Å²) >= 11 is 0. The zero-order chi connectivity index (χ0) is 4.28. The molecule has 0 aromatic rings. The van der Waals surface area contributed by atoms with Crippen LogP contribution in [0.4, 0.5) is 4.79 Å². The van der Waals surface area contributed by atoms with Crippen LogP contribution in [0.5, 0.6) is 0 Å². The van der Waals surface area contributed by atoms with Crippen LogP contribution in [0.1, 0.15) is 0 Å². The first kappa shape index (κ1) is 9.29. The molecule has 0 saturated carbocycles. The van der Waals surface area contributed by atoms with E-state index in [0.717, 1.165) is 0 Å². The average molecular weight is 142 g/mol. The van der Waals surface area contributed by atoms with E-state index in [1.165, 1.54) is 0 Å². The van der Waals surface area contributed by atoms with Gasteiger partial charge in [-0.3, -0.25) is 0 Å². The minimum absolute atomic E-state index is 0. The second-order valence-corrected chi connectivity index (χ2v) is 0.384. The predicted molar refractivity (Wildman–Crippen MR) is 13.3 cm³/mol. The topological polar surface area (TPSA) is 72.5 Å². The number of nitrogens with two attached hydrogens (primary N) is 1. The molecule has 3 N–H and O–H groups in total. The second kappa shape index (κ2) is 4.85. The fraction of sp³-hybridized carbons (Fsp3) is 0. The van der Waals surface area contributed by atoms with Crippen molar-refractivity contribution in [1.82, 2.24) is 0 Å². The number of hydrogen-bond acceptors (Lipinski definition) is 3. The largest absolute Gasteiger partial charge is 0.524 e. The summed E-state index contributed by atoms with van der Waals surface area (Å²) in [7, 11) is 0. The summed E-state index contributed by atoms with van der Waals surface area (Å²) in [6.45, 7) is 0. The normalized spacial score (nSPS) is 5.50. The minimum atomic E-state index is -1.47. The van der Waals surface area contributed by atoms with Crippen LogP contribution in [-0.2, 0) is 24.3 Å². The van der Waals surface area contributed by atoms with Crippen molar-refractivity contribution in [3.63, 3.8) is 0 Å². The Labute approximate surface area is 47.0 Å². The maximum Gasteiger partial charge on any atom is 0.524 e. The second-order valence-electron chi connectivity index (χ2n) is 0.384. The van der Waals surface area contributed by atoms with Gasteiger partial charge in [0.15, 0.2) is 0 Å². The van der Waals surface area contributed by atoms with Gasteiger partial charge >= 0.3 is 6.16 Å². The fourth-order valence-corrected chi connectivity index (χ4v) is 0. The van der Waals surface area contributed by atoms with Gasteiger partial charge < -0.3 is 9.94 Å². The first-order chi connectivity index (χ1) is 2.27. The zero-order valence-electron chi connectivity index (χ0n) is 3.05. The molecule has 0 radical (unpaired) electrons. The van der Waals surface area contributed by atoms with E-state index in [0.29, 0.717) is 0 Å². The van der Waals surface area contributed by atoms with E-state index in [9.17, 15) is 0 Å². The Kier molecular flexibility index (Phi) is 7.51. The molecule has 0 aromatic carbocycles. The van der Waals surface area contributed by atoms with Crippen LogP contribution in [0.25, 0.3) is 0 Å². The first-order valence-electron chi connectivity index (χ1n) is 0.868. The monoisotopic (exact) mass is 141 g/mol. The maximum absolute atomic E-state index is 9.02. The van der Waals surface area contributed by atoms with Crippen LogP contribution in [0.15, 0.2) is 0 Å². The van der Waals surface area contributed by atoms with E-state index in [-0.39, 0.29) is 19.5 Å². The van der Waals surface area contributed by atoms with Crippen molar-refractivity contribution in [3.8, 4) is 0 Å². The van der Waals surface area contributed by atoms with Crippen molar-refractivity contribution in [2.75, 3.05) is 0 Å². The molecule has 4 nitrogen and oxygen atoms in total. The number of rotatable bonds is 0. The van der Waals surface area contributed by atoms with Crippen molar-refractivity contribution in [3.05, 3.63) is 0 Å². The zero-order valence-corrected chi connectivity index (χ0v) is 6.02. The van der Waals surface area contributed by atoms with Crippen molar-refractivity contribution in [2.45, 2.75) is 0 Å². The molecule has 0 aliphatic rings. The summed E-state index contributed by atoms with van der Waals surface area (Å²) < 4.78 is 0. The van der Waals surface area contributed by atoms with Gasteiger partial charge in [0.2, 0.25) is 0 Å². The molecule has 6 heavy (non-hydrogen) atoms. The molecule has 0 rings (SSSR count). The molecular weight excluding hydrogens is 139 g/mol. The summed E-state index contributed by atoms with van der Waals surface area (Å²) in [5, 5.41) is 7.38. The molecule has 5 heteroatoms. The number of carboxylic acid groups (broad SMARTS) is 1. The van der Waals surface area contributed by atoms with Gasteiger partial charge in [-0.25, -0.2) is 4.79 Å². The van der Waals surface area contributed by atoms with Gasteiger partial charge in [0, 0.05) is 19.5 Å². The Bertz CT molecular complexity index is 46.1. The molecule has 0 aliphatic heterocycles. The van der Waals surface area contributed by atoms with Crippen LogP contribution in [0, 0.1) is 0 Å².